The minimum Gasteiger partial charge on any atom is -0.489 e. The number of aryl methyl sites for hydroxylation is 1. The fourth-order valence-corrected chi connectivity index (χ4v) is 3.11. The number of hydrogen-bond donors (Lipinski definition) is 1. The van der Waals surface area contributed by atoms with Crippen molar-refractivity contribution in [2.24, 2.45) is 0 Å². The first-order chi connectivity index (χ1) is 10.1. The number of aliphatic hydroxyl groups excluding tert-OH is 1. The van der Waals surface area contributed by atoms with Crippen LogP contribution in [-0.4, -0.2) is 5.11 Å². The second-order valence-electron chi connectivity index (χ2n) is 5.29. The molecule has 0 saturated heterocycles. The summed E-state index contributed by atoms with van der Waals surface area (Å²) in [5.74, 6) is 0.452. The van der Waals surface area contributed by atoms with Crippen LogP contribution in [0.2, 0.25) is 0 Å². The highest BCUT2D eigenvalue weighted by Gasteiger charge is 2.18. The second-order valence-corrected chi connectivity index (χ2v) is 6.15. The lowest BCUT2D eigenvalue weighted by atomic mass is 9.89. The summed E-state index contributed by atoms with van der Waals surface area (Å²) < 4.78 is 19.5. The average molecular weight is 351 g/mol. The van der Waals surface area contributed by atoms with Crippen LogP contribution in [0.5, 0.6) is 5.75 Å². The quantitative estimate of drug-likeness (QED) is 0.880. The first-order valence-electron chi connectivity index (χ1n) is 7.01. The van der Waals surface area contributed by atoms with Gasteiger partial charge in [-0.05, 0) is 54.7 Å². The van der Waals surface area contributed by atoms with Crippen molar-refractivity contribution in [1.82, 2.24) is 0 Å². The molecule has 3 rings (SSSR count). The highest BCUT2D eigenvalue weighted by atomic mass is 79.9. The van der Waals surface area contributed by atoms with Crippen LogP contribution in [0.4, 0.5) is 4.39 Å². The molecule has 21 heavy (non-hydrogen) atoms. The van der Waals surface area contributed by atoms with Gasteiger partial charge in [-0.2, -0.15) is 0 Å². The van der Waals surface area contributed by atoms with Crippen molar-refractivity contribution in [2.45, 2.75) is 32.0 Å². The molecule has 0 spiro atoms. The molecule has 0 radical (unpaired) electrons. The van der Waals surface area contributed by atoms with E-state index in [4.69, 9.17) is 4.74 Å². The average Bonchev–Trinajstić information content (AvgIpc) is 2.47. The number of halogens is 2. The molecule has 0 bridgehead atoms. The normalized spacial score (nSPS) is 17.4. The van der Waals surface area contributed by atoms with E-state index >= 15 is 0 Å². The third-order valence-electron chi connectivity index (χ3n) is 3.81. The van der Waals surface area contributed by atoms with Crippen molar-refractivity contribution in [3.8, 4) is 5.75 Å². The second kappa shape index (κ2) is 6.16. The summed E-state index contributed by atoms with van der Waals surface area (Å²) in [5.41, 5.74) is 3.05. The highest BCUT2D eigenvalue weighted by molar-refractivity contribution is 9.10. The van der Waals surface area contributed by atoms with Crippen LogP contribution in [0.3, 0.4) is 0 Å². The summed E-state index contributed by atoms with van der Waals surface area (Å²) in [6, 6.07) is 10.4. The van der Waals surface area contributed by atoms with Crippen LogP contribution in [0.1, 0.15) is 35.6 Å². The van der Waals surface area contributed by atoms with Crippen molar-refractivity contribution in [1.29, 1.82) is 0 Å². The maximum Gasteiger partial charge on any atom is 0.124 e. The number of fused-ring (bicyclic) bond motifs is 1. The number of aliphatic hydroxyl groups is 1. The standard InChI is InChI=1S/C17H16BrFO2/c18-16-8-13(19)6-4-12(16)10-21-14-7-5-11-2-1-3-17(20)15(11)9-14/h4-9,17,20H,1-3,10H2. The fourth-order valence-electron chi connectivity index (χ4n) is 2.64. The predicted octanol–water partition coefficient (Wildman–Crippen LogP) is 4.54. The molecule has 0 fully saturated rings. The van der Waals surface area contributed by atoms with Crippen LogP contribution in [0, 0.1) is 5.82 Å². The largest absolute Gasteiger partial charge is 0.489 e. The Morgan fingerprint density at radius 2 is 2.10 bits per heavy atom. The van der Waals surface area contributed by atoms with Gasteiger partial charge in [0.15, 0.2) is 0 Å². The Hall–Kier alpha value is -1.39. The van der Waals surface area contributed by atoms with Gasteiger partial charge in [-0.15, -0.1) is 0 Å². The Labute approximate surface area is 131 Å². The van der Waals surface area contributed by atoms with E-state index in [1.807, 2.05) is 18.2 Å². The van der Waals surface area contributed by atoms with Crippen molar-refractivity contribution in [2.75, 3.05) is 0 Å². The summed E-state index contributed by atoms with van der Waals surface area (Å²) in [5, 5.41) is 10.0. The topological polar surface area (TPSA) is 29.5 Å². The molecule has 2 aromatic carbocycles. The van der Waals surface area contributed by atoms with Gasteiger partial charge in [0, 0.05) is 10.0 Å². The number of benzene rings is 2. The predicted molar refractivity (Wildman–Crippen MR) is 82.8 cm³/mol. The van der Waals surface area contributed by atoms with E-state index in [1.165, 1.54) is 17.7 Å². The summed E-state index contributed by atoms with van der Waals surface area (Å²) in [7, 11) is 0. The molecule has 0 aliphatic heterocycles. The summed E-state index contributed by atoms with van der Waals surface area (Å²) >= 11 is 3.33. The third-order valence-corrected chi connectivity index (χ3v) is 4.55. The molecule has 1 N–H and O–H groups in total. The summed E-state index contributed by atoms with van der Waals surface area (Å²) in [4.78, 5) is 0. The molecule has 1 unspecified atom stereocenters. The lowest BCUT2D eigenvalue weighted by Crippen LogP contribution is -2.09. The minimum absolute atomic E-state index is 0.275. The van der Waals surface area contributed by atoms with Gasteiger partial charge in [0.2, 0.25) is 0 Å². The number of ether oxygens (including phenoxy) is 1. The number of rotatable bonds is 3. The molecule has 1 atom stereocenters. The maximum absolute atomic E-state index is 13.0. The van der Waals surface area contributed by atoms with Gasteiger partial charge >= 0.3 is 0 Å². The zero-order valence-electron chi connectivity index (χ0n) is 11.5. The molecule has 2 aromatic rings. The van der Waals surface area contributed by atoms with E-state index in [-0.39, 0.29) is 5.82 Å². The van der Waals surface area contributed by atoms with Gasteiger partial charge in [0.05, 0.1) is 6.10 Å². The number of hydrogen-bond acceptors (Lipinski definition) is 2. The van der Waals surface area contributed by atoms with E-state index in [0.717, 1.165) is 36.1 Å². The van der Waals surface area contributed by atoms with Crippen LogP contribution in [0.15, 0.2) is 40.9 Å². The zero-order chi connectivity index (χ0) is 14.8. The van der Waals surface area contributed by atoms with Crippen molar-refractivity contribution >= 4 is 15.9 Å². The minimum atomic E-state index is -0.394. The lowest BCUT2D eigenvalue weighted by Gasteiger charge is -2.22. The van der Waals surface area contributed by atoms with Gasteiger partial charge in [0.25, 0.3) is 0 Å². The maximum atomic E-state index is 13.0. The van der Waals surface area contributed by atoms with Crippen molar-refractivity contribution in [3.05, 3.63) is 63.4 Å². The molecule has 4 heteroatoms. The molecule has 0 aromatic heterocycles. The smallest absolute Gasteiger partial charge is 0.124 e. The van der Waals surface area contributed by atoms with Gasteiger partial charge in [0.1, 0.15) is 18.2 Å². The van der Waals surface area contributed by atoms with Gasteiger partial charge in [-0.25, -0.2) is 4.39 Å². The molecule has 0 saturated carbocycles. The van der Waals surface area contributed by atoms with E-state index in [2.05, 4.69) is 15.9 Å². The van der Waals surface area contributed by atoms with E-state index < -0.39 is 6.10 Å². The molecule has 2 nitrogen and oxygen atoms in total. The zero-order valence-corrected chi connectivity index (χ0v) is 13.1. The van der Waals surface area contributed by atoms with E-state index in [0.29, 0.717) is 11.1 Å². The Morgan fingerprint density at radius 1 is 1.24 bits per heavy atom. The Kier molecular flexibility index (Phi) is 4.27. The molecule has 1 aliphatic rings. The van der Waals surface area contributed by atoms with Crippen molar-refractivity contribution < 1.29 is 14.2 Å². The van der Waals surface area contributed by atoms with Gasteiger partial charge in [-0.3, -0.25) is 0 Å². The monoisotopic (exact) mass is 350 g/mol. The van der Waals surface area contributed by atoms with E-state index in [1.54, 1.807) is 6.07 Å². The van der Waals surface area contributed by atoms with Gasteiger partial charge in [-0.1, -0.05) is 28.1 Å². The first kappa shape index (κ1) is 14.5. The summed E-state index contributed by atoms with van der Waals surface area (Å²) in [6.45, 7) is 0.357. The highest BCUT2D eigenvalue weighted by Crippen LogP contribution is 2.32. The molecule has 0 heterocycles. The Bertz CT molecular complexity index is 657. The fraction of sp³-hybridized carbons (Fsp3) is 0.294. The summed E-state index contributed by atoms with van der Waals surface area (Å²) in [6.07, 6.45) is 2.45. The van der Waals surface area contributed by atoms with E-state index in [9.17, 15) is 9.50 Å². The van der Waals surface area contributed by atoms with Crippen LogP contribution in [0.25, 0.3) is 0 Å². The van der Waals surface area contributed by atoms with Crippen LogP contribution < -0.4 is 4.74 Å². The van der Waals surface area contributed by atoms with Crippen LogP contribution >= 0.6 is 15.9 Å². The molecule has 110 valence electrons. The molecule has 0 amide bonds. The molecule has 1 aliphatic carbocycles. The van der Waals surface area contributed by atoms with Gasteiger partial charge < -0.3 is 9.84 Å². The SMILES string of the molecule is OC1CCCc2ccc(OCc3ccc(F)cc3Br)cc21. The Morgan fingerprint density at radius 3 is 2.90 bits per heavy atom. The lowest BCUT2D eigenvalue weighted by molar-refractivity contribution is 0.156. The Balaban J connectivity index is 1.75. The van der Waals surface area contributed by atoms with Crippen LogP contribution in [-0.2, 0) is 13.0 Å². The van der Waals surface area contributed by atoms with Crippen molar-refractivity contribution in [3.63, 3.8) is 0 Å². The third kappa shape index (κ3) is 3.27. The first-order valence-corrected chi connectivity index (χ1v) is 7.80. The molecular formula is C17H16BrFO2. The molecular weight excluding hydrogens is 335 g/mol.